The average molecular weight is 537 g/mol. The highest BCUT2D eigenvalue weighted by molar-refractivity contribution is 7.99. The Morgan fingerprint density at radius 3 is 2.58 bits per heavy atom. The van der Waals surface area contributed by atoms with Crippen molar-refractivity contribution in [2.45, 2.75) is 49.7 Å². The molecular weight excluding hydrogens is 513 g/mol. The molecule has 1 aliphatic carbocycles. The number of carbonyl (C=O) groups excluding carboxylic acids is 1. The minimum absolute atomic E-state index is 0.0128. The molecule has 1 aliphatic rings. The van der Waals surface area contributed by atoms with Gasteiger partial charge in [0, 0.05) is 12.1 Å². The van der Waals surface area contributed by atoms with Crippen LogP contribution in [0.1, 0.15) is 31.2 Å². The van der Waals surface area contributed by atoms with Gasteiger partial charge in [-0.15, -0.1) is 16.8 Å². The van der Waals surface area contributed by atoms with Gasteiger partial charge in [-0.05, 0) is 68.1 Å². The number of carbonyl (C=O) groups is 1. The van der Waals surface area contributed by atoms with Crippen molar-refractivity contribution in [1.82, 2.24) is 14.8 Å². The first-order valence-electron chi connectivity index (χ1n) is 11.3. The Labute approximate surface area is 215 Å². The number of anilines is 1. The van der Waals surface area contributed by atoms with E-state index in [1.165, 1.54) is 12.8 Å². The molecule has 1 N–H and O–H groups in total. The van der Waals surface area contributed by atoms with Gasteiger partial charge >= 0.3 is 6.18 Å². The molecule has 1 saturated carbocycles. The molecule has 190 valence electrons. The Kier molecular flexibility index (Phi) is 8.25. The third-order valence-corrected chi connectivity index (χ3v) is 6.94. The van der Waals surface area contributed by atoms with E-state index in [0.717, 1.165) is 54.1 Å². The van der Waals surface area contributed by atoms with Crippen LogP contribution in [0.5, 0.6) is 5.75 Å². The van der Waals surface area contributed by atoms with E-state index in [-0.39, 0.29) is 22.6 Å². The van der Waals surface area contributed by atoms with Gasteiger partial charge in [0.25, 0.3) is 0 Å². The number of hydrogen-bond donors (Lipinski definition) is 1. The minimum atomic E-state index is -4.54. The predicted molar refractivity (Wildman–Crippen MR) is 134 cm³/mol. The average Bonchev–Trinajstić information content (AvgIpc) is 3.49. The number of thioether (sulfide) groups is 1. The summed E-state index contributed by atoms with van der Waals surface area (Å²) < 4.78 is 46.8. The van der Waals surface area contributed by atoms with E-state index in [1.54, 1.807) is 6.08 Å². The molecule has 0 bridgehead atoms. The predicted octanol–water partition coefficient (Wildman–Crippen LogP) is 6.86. The number of halogens is 4. The summed E-state index contributed by atoms with van der Waals surface area (Å²) in [5.41, 5.74) is -0.176. The standard InChI is InChI=1S/C25H24ClF3N4O2S/c1-2-13-33-23(16-7-10-19(11-8-16)35-18-5-3-4-6-18)31-32-24(33)36-15-22(34)30-21-14-17(25(27,28)29)9-12-20(21)26/h2,7-12,14,18H,1,3-6,13,15H2,(H,30,34). The molecule has 4 rings (SSSR count). The number of alkyl halides is 3. The molecule has 1 amide bonds. The van der Waals surface area contributed by atoms with Gasteiger partial charge < -0.3 is 10.1 Å². The van der Waals surface area contributed by atoms with Crippen LogP contribution in [0.2, 0.25) is 5.02 Å². The summed E-state index contributed by atoms with van der Waals surface area (Å²) in [7, 11) is 0. The fraction of sp³-hybridized carbons (Fsp3) is 0.320. The van der Waals surface area contributed by atoms with Crippen LogP contribution in [0.3, 0.4) is 0 Å². The topological polar surface area (TPSA) is 69.0 Å². The van der Waals surface area contributed by atoms with Gasteiger partial charge in [-0.2, -0.15) is 13.2 Å². The second-order valence-corrected chi connectivity index (χ2v) is 9.63. The number of rotatable bonds is 9. The zero-order valence-electron chi connectivity index (χ0n) is 19.2. The highest BCUT2D eigenvalue weighted by Gasteiger charge is 2.31. The van der Waals surface area contributed by atoms with Crippen LogP contribution in [0, 0.1) is 0 Å². The lowest BCUT2D eigenvalue weighted by atomic mass is 10.2. The maximum absolute atomic E-state index is 13.0. The second-order valence-electron chi connectivity index (χ2n) is 8.28. The van der Waals surface area contributed by atoms with Gasteiger partial charge in [0.2, 0.25) is 5.91 Å². The lowest BCUT2D eigenvalue weighted by Gasteiger charge is -2.13. The van der Waals surface area contributed by atoms with Crippen LogP contribution < -0.4 is 10.1 Å². The van der Waals surface area contributed by atoms with E-state index in [1.807, 2.05) is 28.8 Å². The fourth-order valence-electron chi connectivity index (χ4n) is 3.90. The lowest BCUT2D eigenvalue weighted by Crippen LogP contribution is -2.16. The summed E-state index contributed by atoms with van der Waals surface area (Å²) in [6, 6.07) is 10.4. The van der Waals surface area contributed by atoms with Crippen molar-refractivity contribution in [3.63, 3.8) is 0 Å². The summed E-state index contributed by atoms with van der Waals surface area (Å²) in [6.45, 7) is 4.19. The first kappa shape index (κ1) is 26.1. The summed E-state index contributed by atoms with van der Waals surface area (Å²) in [5, 5.41) is 11.4. The molecule has 11 heteroatoms. The van der Waals surface area contributed by atoms with Crippen molar-refractivity contribution in [3.8, 4) is 17.1 Å². The van der Waals surface area contributed by atoms with Gasteiger partial charge in [-0.25, -0.2) is 0 Å². The zero-order chi connectivity index (χ0) is 25.7. The molecule has 6 nitrogen and oxygen atoms in total. The molecule has 0 unspecified atom stereocenters. The molecule has 0 saturated heterocycles. The molecule has 0 aliphatic heterocycles. The van der Waals surface area contributed by atoms with Gasteiger partial charge in [0.1, 0.15) is 5.75 Å². The van der Waals surface area contributed by atoms with Crippen molar-refractivity contribution in [2.75, 3.05) is 11.1 Å². The maximum atomic E-state index is 13.0. The molecule has 0 spiro atoms. The van der Waals surface area contributed by atoms with Crippen molar-refractivity contribution < 1.29 is 22.7 Å². The highest BCUT2D eigenvalue weighted by atomic mass is 35.5. The fourth-order valence-corrected chi connectivity index (χ4v) is 4.81. The van der Waals surface area contributed by atoms with Crippen LogP contribution in [0.15, 0.2) is 60.3 Å². The van der Waals surface area contributed by atoms with Crippen LogP contribution in [-0.4, -0.2) is 32.5 Å². The van der Waals surface area contributed by atoms with Crippen LogP contribution in [-0.2, 0) is 17.5 Å². The van der Waals surface area contributed by atoms with Crippen molar-refractivity contribution >= 4 is 35.0 Å². The minimum Gasteiger partial charge on any atom is -0.490 e. The van der Waals surface area contributed by atoms with E-state index in [2.05, 4.69) is 22.1 Å². The normalized spacial score (nSPS) is 14.1. The zero-order valence-corrected chi connectivity index (χ0v) is 20.8. The van der Waals surface area contributed by atoms with Crippen LogP contribution in [0.25, 0.3) is 11.4 Å². The molecule has 1 aromatic heterocycles. The first-order chi connectivity index (χ1) is 17.2. The number of allylic oxidation sites excluding steroid dienone is 1. The quantitative estimate of drug-likeness (QED) is 0.239. The molecule has 36 heavy (non-hydrogen) atoms. The lowest BCUT2D eigenvalue weighted by molar-refractivity contribution is -0.137. The number of benzene rings is 2. The van der Waals surface area contributed by atoms with E-state index in [0.29, 0.717) is 17.5 Å². The molecular formula is C25H24ClF3N4O2S. The summed E-state index contributed by atoms with van der Waals surface area (Å²) in [4.78, 5) is 12.5. The number of nitrogens with zero attached hydrogens (tertiary/aromatic N) is 3. The molecule has 1 heterocycles. The summed E-state index contributed by atoms with van der Waals surface area (Å²) >= 11 is 7.08. The number of nitrogens with one attached hydrogen (secondary N) is 1. The van der Waals surface area contributed by atoms with Gasteiger partial charge in [-0.1, -0.05) is 29.4 Å². The van der Waals surface area contributed by atoms with E-state index in [4.69, 9.17) is 16.3 Å². The number of hydrogen-bond acceptors (Lipinski definition) is 5. The Bertz CT molecular complexity index is 1230. The monoisotopic (exact) mass is 536 g/mol. The number of ether oxygens (including phenoxy) is 1. The third-order valence-electron chi connectivity index (χ3n) is 5.65. The molecule has 1 fully saturated rings. The van der Waals surface area contributed by atoms with Crippen molar-refractivity contribution in [3.05, 3.63) is 65.7 Å². The molecule has 3 aromatic rings. The number of aromatic nitrogens is 3. The van der Waals surface area contributed by atoms with E-state index >= 15 is 0 Å². The van der Waals surface area contributed by atoms with E-state index < -0.39 is 17.6 Å². The van der Waals surface area contributed by atoms with Gasteiger partial charge in [-0.3, -0.25) is 9.36 Å². The Hall–Kier alpha value is -2.98. The van der Waals surface area contributed by atoms with E-state index in [9.17, 15) is 18.0 Å². The third kappa shape index (κ3) is 6.41. The summed E-state index contributed by atoms with van der Waals surface area (Å²) in [5.74, 6) is 0.784. The Morgan fingerprint density at radius 1 is 1.19 bits per heavy atom. The van der Waals surface area contributed by atoms with Crippen molar-refractivity contribution in [1.29, 1.82) is 0 Å². The first-order valence-corrected chi connectivity index (χ1v) is 12.7. The van der Waals surface area contributed by atoms with Crippen molar-refractivity contribution in [2.24, 2.45) is 0 Å². The Morgan fingerprint density at radius 2 is 1.92 bits per heavy atom. The summed E-state index contributed by atoms with van der Waals surface area (Å²) in [6.07, 6.45) is 1.94. The van der Waals surface area contributed by atoms with Crippen LogP contribution in [0.4, 0.5) is 18.9 Å². The largest absolute Gasteiger partial charge is 0.490 e. The van der Waals surface area contributed by atoms with Gasteiger partial charge in [0.15, 0.2) is 11.0 Å². The number of amides is 1. The van der Waals surface area contributed by atoms with Crippen LogP contribution >= 0.6 is 23.4 Å². The smallest absolute Gasteiger partial charge is 0.416 e. The maximum Gasteiger partial charge on any atom is 0.416 e. The molecule has 0 atom stereocenters. The second kappa shape index (κ2) is 11.4. The molecule has 2 aromatic carbocycles. The Balaban J connectivity index is 1.43. The highest BCUT2D eigenvalue weighted by Crippen LogP contribution is 2.34. The van der Waals surface area contributed by atoms with Gasteiger partial charge in [0.05, 0.1) is 28.1 Å². The SMILES string of the molecule is C=CCn1c(SCC(=O)Nc2cc(C(F)(F)F)ccc2Cl)nnc1-c1ccc(OC2CCCC2)cc1. The molecule has 0 radical (unpaired) electrons.